The summed E-state index contributed by atoms with van der Waals surface area (Å²) in [4.78, 5) is 10.0. The van der Waals surface area contributed by atoms with Crippen LogP contribution in [0.25, 0.3) is 0 Å². The molecule has 9 nitrogen and oxygen atoms in total. The summed E-state index contributed by atoms with van der Waals surface area (Å²) in [6.45, 7) is 5.54. The number of ether oxygens (including phenoxy) is 3. The Balaban J connectivity index is 1.48. The van der Waals surface area contributed by atoms with E-state index in [2.05, 4.69) is 27.2 Å². The predicted molar refractivity (Wildman–Crippen MR) is 128 cm³/mol. The molecule has 3 N–H and O–H groups in total. The maximum absolute atomic E-state index is 14.5. The van der Waals surface area contributed by atoms with E-state index in [9.17, 15) is 9.50 Å². The molecule has 0 radical (unpaired) electrons. The average molecular weight is 468 g/mol. The third-order valence-electron chi connectivity index (χ3n) is 5.06. The Bertz CT molecular complexity index is 1130. The molecule has 1 aliphatic rings. The number of halogens is 1. The van der Waals surface area contributed by atoms with Crippen molar-refractivity contribution in [3.8, 4) is 11.5 Å². The molecule has 34 heavy (non-hydrogen) atoms. The lowest BCUT2D eigenvalue weighted by atomic mass is 10.2. The highest BCUT2D eigenvalue weighted by molar-refractivity contribution is 5.70. The normalized spacial score (nSPS) is 13.4. The number of hydrogen-bond donors (Lipinski definition) is 3. The summed E-state index contributed by atoms with van der Waals surface area (Å²) < 4.78 is 30.6. The van der Waals surface area contributed by atoms with Crippen LogP contribution in [0.2, 0.25) is 0 Å². The van der Waals surface area contributed by atoms with Crippen LogP contribution in [-0.4, -0.2) is 54.8 Å². The van der Waals surface area contributed by atoms with E-state index < -0.39 is 12.0 Å². The number of aromatic nitrogens is 2. The molecular weight excluding hydrogens is 441 g/mol. The second kappa shape index (κ2) is 10.8. The first-order valence-corrected chi connectivity index (χ1v) is 10.7. The fraction of sp³-hybridized carbons (Fsp3) is 0.250. The van der Waals surface area contributed by atoms with Crippen molar-refractivity contribution in [3.63, 3.8) is 0 Å². The van der Waals surface area contributed by atoms with Gasteiger partial charge in [-0.3, -0.25) is 0 Å². The summed E-state index contributed by atoms with van der Waals surface area (Å²) in [6.07, 6.45) is 1.67. The molecule has 10 heteroatoms. The summed E-state index contributed by atoms with van der Waals surface area (Å²) in [5.74, 6) is 0.950. The van der Waals surface area contributed by atoms with Crippen molar-refractivity contribution < 1.29 is 23.7 Å². The minimum atomic E-state index is -0.860. The molecule has 1 aromatic heterocycles. The molecule has 2 heterocycles. The number of nitrogens with zero attached hydrogens (tertiary/aromatic N) is 3. The van der Waals surface area contributed by atoms with Crippen molar-refractivity contribution in [2.24, 2.45) is 0 Å². The Hall–Kier alpha value is -3.89. The summed E-state index contributed by atoms with van der Waals surface area (Å²) in [5.41, 5.74) is 1.97. The molecule has 2 aromatic carbocycles. The molecule has 0 spiro atoms. The van der Waals surface area contributed by atoms with Crippen molar-refractivity contribution >= 4 is 28.8 Å². The number of aliphatic hydroxyl groups is 1. The lowest BCUT2D eigenvalue weighted by Gasteiger charge is -2.33. The topological polar surface area (TPSA) is 101 Å². The van der Waals surface area contributed by atoms with Gasteiger partial charge >= 0.3 is 0 Å². The first-order valence-electron chi connectivity index (χ1n) is 10.7. The Morgan fingerprint density at radius 1 is 1.21 bits per heavy atom. The molecule has 0 amide bonds. The lowest BCUT2D eigenvalue weighted by molar-refractivity contribution is 0.146. The van der Waals surface area contributed by atoms with Crippen LogP contribution in [0.3, 0.4) is 0 Å². The Morgan fingerprint density at radius 3 is 2.76 bits per heavy atom. The van der Waals surface area contributed by atoms with Gasteiger partial charge in [-0.05, 0) is 48.5 Å². The minimum Gasteiger partial charge on any atom is -0.491 e. The number of aliphatic hydroxyl groups excluding tert-OH is 1. The van der Waals surface area contributed by atoms with Gasteiger partial charge in [-0.15, -0.1) is 0 Å². The molecule has 0 saturated carbocycles. The smallest absolute Gasteiger partial charge is 0.229 e. The van der Waals surface area contributed by atoms with E-state index in [1.54, 1.807) is 42.3 Å². The van der Waals surface area contributed by atoms with Crippen molar-refractivity contribution in [3.05, 3.63) is 67.1 Å². The molecule has 0 aliphatic carbocycles. The molecule has 0 fully saturated rings. The van der Waals surface area contributed by atoms with Crippen LogP contribution in [0, 0.1) is 5.82 Å². The largest absolute Gasteiger partial charge is 0.491 e. The summed E-state index contributed by atoms with van der Waals surface area (Å²) >= 11 is 0. The van der Waals surface area contributed by atoms with Crippen LogP contribution in [0.5, 0.6) is 11.5 Å². The highest BCUT2D eigenvalue weighted by atomic mass is 19.1. The predicted octanol–water partition coefficient (Wildman–Crippen LogP) is 3.83. The zero-order valence-electron chi connectivity index (χ0n) is 18.7. The Morgan fingerprint density at radius 2 is 2.00 bits per heavy atom. The number of benzene rings is 2. The molecule has 3 aromatic rings. The fourth-order valence-corrected chi connectivity index (χ4v) is 3.38. The minimum absolute atomic E-state index is 0.00418. The molecule has 0 saturated heterocycles. The SMILES string of the molecule is C=CC(O)N1CCOc2ccc(Nc3nc(Nc4ccc(OCCOC)cc4)ncc3F)cc21. The van der Waals surface area contributed by atoms with E-state index in [-0.39, 0.29) is 11.8 Å². The van der Waals surface area contributed by atoms with Crippen molar-refractivity contribution in [1.29, 1.82) is 0 Å². The van der Waals surface area contributed by atoms with Crippen LogP contribution in [0.4, 0.5) is 33.2 Å². The molecule has 0 bridgehead atoms. The average Bonchev–Trinajstić information content (AvgIpc) is 2.86. The number of fused-ring (bicyclic) bond motifs is 1. The van der Waals surface area contributed by atoms with Crippen LogP contribution < -0.4 is 25.0 Å². The third-order valence-corrected chi connectivity index (χ3v) is 5.06. The van der Waals surface area contributed by atoms with Gasteiger partial charge in [0, 0.05) is 18.5 Å². The second-order valence-corrected chi connectivity index (χ2v) is 7.38. The number of rotatable bonds is 10. The van der Waals surface area contributed by atoms with E-state index >= 15 is 0 Å². The maximum atomic E-state index is 14.5. The maximum Gasteiger partial charge on any atom is 0.229 e. The van der Waals surface area contributed by atoms with Crippen LogP contribution in [-0.2, 0) is 4.74 Å². The molecular formula is C24H26FN5O4. The van der Waals surface area contributed by atoms with Gasteiger partial charge in [0.25, 0.3) is 0 Å². The van der Waals surface area contributed by atoms with Crippen molar-refractivity contribution in [2.75, 3.05) is 49.0 Å². The van der Waals surface area contributed by atoms with Gasteiger partial charge < -0.3 is 34.9 Å². The second-order valence-electron chi connectivity index (χ2n) is 7.38. The van der Waals surface area contributed by atoms with Gasteiger partial charge in [0.1, 0.15) is 30.9 Å². The van der Waals surface area contributed by atoms with Crippen LogP contribution in [0.1, 0.15) is 0 Å². The Labute approximate surface area is 196 Å². The van der Waals surface area contributed by atoms with E-state index in [4.69, 9.17) is 14.2 Å². The quantitative estimate of drug-likeness (QED) is 0.303. The van der Waals surface area contributed by atoms with Gasteiger partial charge in [-0.25, -0.2) is 9.37 Å². The van der Waals surface area contributed by atoms with Gasteiger partial charge in [0.05, 0.1) is 25.0 Å². The molecule has 1 atom stereocenters. The summed E-state index contributed by atoms with van der Waals surface area (Å²) in [6, 6.07) is 12.5. The fourth-order valence-electron chi connectivity index (χ4n) is 3.38. The van der Waals surface area contributed by atoms with Crippen molar-refractivity contribution in [1.82, 2.24) is 9.97 Å². The molecule has 4 rings (SSSR count). The van der Waals surface area contributed by atoms with Crippen molar-refractivity contribution in [2.45, 2.75) is 6.23 Å². The number of hydrogen-bond acceptors (Lipinski definition) is 9. The molecule has 1 aliphatic heterocycles. The summed E-state index contributed by atoms with van der Waals surface area (Å²) in [5, 5.41) is 16.3. The lowest BCUT2D eigenvalue weighted by Crippen LogP contribution is -2.39. The number of methoxy groups -OCH3 is 1. The van der Waals surface area contributed by atoms with E-state index in [1.807, 2.05) is 12.1 Å². The zero-order chi connectivity index (χ0) is 23.9. The zero-order valence-corrected chi connectivity index (χ0v) is 18.7. The molecule has 178 valence electrons. The summed E-state index contributed by atoms with van der Waals surface area (Å²) in [7, 11) is 1.62. The third kappa shape index (κ3) is 5.53. The number of nitrogens with one attached hydrogen (secondary N) is 2. The van der Waals surface area contributed by atoms with Gasteiger partial charge in [0.15, 0.2) is 11.6 Å². The number of anilines is 5. The highest BCUT2D eigenvalue weighted by Crippen LogP contribution is 2.36. The van der Waals surface area contributed by atoms with Crippen LogP contribution >= 0.6 is 0 Å². The Kier molecular flexibility index (Phi) is 7.41. The van der Waals surface area contributed by atoms with E-state index in [0.717, 1.165) is 11.9 Å². The first kappa shape index (κ1) is 23.3. The van der Waals surface area contributed by atoms with Gasteiger partial charge in [-0.1, -0.05) is 6.58 Å². The monoisotopic (exact) mass is 467 g/mol. The van der Waals surface area contributed by atoms with Gasteiger partial charge in [-0.2, -0.15) is 4.98 Å². The molecule has 1 unspecified atom stereocenters. The van der Waals surface area contributed by atoms with Gasteiger partial charge in [0.2, 0.25) is 5.95 Å². The van der Waals surface area contributed by atoms with E-state index in [1.165, 1.54) is 6.08 Å². The standard InChI is InChI=1S/C24H26FN5O4/c1-3-22(31)30-10-11-34-21-9-6-17(14-20(21)30)27-23-19(25)15-26-24(29-23)28-16-4-7-18(8-5-16)33-13-12-32-2/h3-9,14-15,22,31H,1,10-13H2,2H3,(H2,26,27,28,29). The van der Waals surface area contributed by atoms with E-state index in [0.29, 0.717) is 49.2 Å². The highest BCUT2D eigenvalue weighted by Gasteiger charge is 2.22. The first-order chi connectivity index (χ1) is 16.6. The van der Waals surface area contributed by atoms with Crippen LogP contribution in [0.15, 0.2) is 61.3 Å².